The molecule has 7 heteroatoms. The molecule has 1 aromatic carbocycles. The molecule has 0 amide bonds. The Labute approximate surface area is 177 Å². The van der Waals surface area contributed by atoms with Crippen LogP contribution in [0.3, 0.4) is 0 Å². The highest BCUT2D eigenvalue weighted by Crippen LogP contribution is 2.42. The van der Waals surface area contributed by atoms with E-state index in [1.807, 2.05) is 12.1 Å². The maximum absolute atomic E-state index is 6.51. The summed E-state index contributed by atoms with van der Waals surface area (Å²) in [5.41, 5.74) is 1.81. The van der Waals surface area contributed by atoms with E-state index in [2.05, 4.69) is 47.7 Å². The van der Waals surface area contributed by atoms with Crippen LogP contribution in [0.5, 0.6) is 11.5 Å². The van der Waals surface area contributed by atoms with Crippen LogP contribution >= 0.6 is 0 Å². The summed E-state index contributed by atoms with van der Waals surface area (Å²) < 4.78 is 34.5. The molecule has 0 unspecified atom stereocenters. The first-order chi connectivity index (χ1) is 13.5. The summed E-state index contributed by atoms with van der Waals surface area (Å²) in [4.78, 5) is 0. The van der Waals surface area contributed by atoms with E-state index in [9.17, 15) is 0 Å². The van der Waals surface area contributed by atoms with Crippen molar-refractivity contribution >= 4 is 8.32 Å². The Balaban J connectivity index is 3.47. The summed E-state index contributed by atoms with van der Waals surface area (Å²) in [7, 11) is 2.94. The molecule has 0 aliphatic rings. The van der Waals surface area contributed by atoms with Crippen molar-refractivity contribution in [1.29, 1.82) is 0 Å². The van der Waals surface area contributed by atoms with E-state index in [1.165, 1.54) is 0 Å². The third-order valence-electron chi connectivity index (χ3n) is 5.45. The van der Waals surface area contributed by atoms with Gasteiger partial charge in [-0.2, -0.15) is 0 Å². The third-order valence-corrected chi connectivity index (χ3v) is 9.93. The van der Waals surface area contributed by atoms with Crippen LogP contribution in [0.2, 0.25) is 18.1 Å². The minimum absolute atomic E-state index is 0.0959. The van der Waals surface area contributed by atoms with Crippen molar-refractivity contribution in [3.05, 3.63) is 23.3 Å². The Morgan fingerprint density at radius 3 is 2.00 bits per heavy atom. The summed E-state index contributed by atoms with van der Waals surface area (Å²) in [5, 5.41) is 0.0959. The maximum atomic E-state index is 6.51. The molecule has 29 heavy (non-hydrogen) atoms. The highest BCUT2D eigenvalue weighted by Gasteiger charge is 2.38. The molecule has 1 rings (SSSR count). The molecule has 6 nitrogen and oxygen atoms in total. The van der Waals surface area contributed by atoms with Gasteiger partial charge in [0.05, 0.1) is 18.3 Å². The lowest BCUT2D eigenvalue weighted by atomic mass is 9.95. The fraction of sp³-hybridized carbons (Fsp3) is 0.727. The predicted octanol–water partition coefficient (Wildman–Crippen LogP) is 5.52. The zero-order valence-corrected chi connectivity index (χ0v) is 20.9. The van der Waals surface area contributed by atoms with E-state index in [-0.39, 0.29) is 30.6 Å². The zero-order chi connectivity index (χ0) is 22.2. The first kappa shape index (κ1) is 25.9. The first-order valence-corrected chi connectivity index (χ1v) is 13.0. The van der Waals surface area contributed by atoms with Gasteiger partial charge in [-0.05, 0) is 36.2 Å². The summed E-state index contributed by atoms with van der Waals surface area (Å²) in [6.07, 6.45) is -0.120. The highest BCUT2D eigenvalue weighted by molar-refractivity contribution is 6.74. The number of methoxy groups -OCH3 is 3. The van der Waals surface area contributed by atoms with E-state index < -0.39 is 8.32 Å². The van der Waals surface area contributed by atoms with Crippen LogP contribution in [0.15, 0.2) is 12.1 Å². The average molecular weight is 429 g/mol. The second-order valence-electron chi connectivity index (χ2n) is 9.01. The molecule has 0 heterocycles. The second-order valence-corrected chi connectivity index (χ2v) is 13.8. The van der Waals surface area contributed by atoms with Crippen LogP contribution in [-0.2, 0) is 25.2 Å². The van der Waals surface area contributed by atoms with E-state index in [0.717, 1.165) is 11.1 Å². The average Bonchev–Trinajstić information content (AvgIpc) is 2.63. The van der Waals surface area contributed by atoms with Crippen LogP contribution in [0, 0.1) is 5.92 Å². The van der Waals surface area contributed by atoms with Gasteiger partial charge in [0.25, 0.3) is 0 Å². The van der Waals surface area contributed by atoms with Crippen LogP contribution in [0.1, 0.15) is 51.8 Å². The number of hydrogen-bond acceptors (Lipinski definition) is 6. The lowest BCUT2D eigenvalue weighted by Crippen LogP contribution is -2.40. The van der Waals surface area contributed by atoms with Crippen LogP contribution in [-0.4, -0.2) is 43.2 Å². The fourth-order valence-corrected chi connectivity index (χ4v) is 3.70. The van der Waals surface area contributed by atoms with Crippen molar-refractivity contribution in [3.8, 4) is 11.5 Å². The van der Waals surface area contributed by atoms with Gasteiger partial charge in [-0.15, -0.1) is 0 Å². The Kier molecular flexibility index (Phi) is 10.1. The molecule has 168 valence electrons. The molecule has 0 aliphatic heterocycles. The monoisotopic (exact) mass is 428 g/mol. The Bertz CT molecular complexity index is 624. The van der Waals surface area contributed by atoms with Crippen molar-refractivity contribution in [2.24, 2.45) is 5.92 Å². The van der Waals surface area contributed by atoms with Gasteiger partial charge in [0.2, 0.25) is 0 Å². The molecule has 0 N–H and O–H groups in total. The van der Waals surface area contributed by atoms with Gasteiger partial charge < -0.3 is 28.1 Å². The van der Waals surface area contributed by atoms with E-state index >= 15 is 0 Å². The lowest BCUT2D eigenvalue weighted by Gasteiger charge is -2.36. The maximum Gasteiger partial charge on any atom is 0.192 e. The molecular weight excluding hydrogens is 388 g/mol. The Hall–Kier alpha value is -1.12. The predicted molar refractivity (Wildman–Crippen MR) is 118 cm³/mol. The van der Waals surface area contributed by atoms with Gasteiger partial charge in [0, 0.05) is 26.9 Å². The first-order valence-electron chi connectivity index (χ1n) is 10.1. The Morgan fingerprint density at radius 2 is 1.52 bits per heavy atom. The van der Waals surface area contributed by atoms with Crippen LogP contribution < -0.4 is 9.47 Å². The fourth-order valence-electron chi connectivity index (χ4n) is 2.76. The van der Waals surface area contributed by atoms with Crippen molar-refractivity contribution < 1.29 is 28.1 Å². The SMILES string of the molecule is COCOc1ccc([C@H](OC)C(C)C)c(OCOC)c1CO[Si](C)(C)C(C)(C)C. The molecule has 0 radical (unpaired) electrons. The molecule has 0 saturated heterocycles. The number of ether oxygens (including phenoxy) is 5. The summed E-state index contributed by atoms with van der Waals surface area (Å²) in [5.74, 6) is 1.64. The topological polar surface area (TPSA) is 55.4 Å². The minimum atomic E-state index is -1.98. The van der Waals surface area contributed by atoms with Crippen molar-refractivity contribution in [3.63, 3.8) is 0 Å². The molecular formula is C22H40O6Si. The highest BCUT2D eigenvalue weighted by atomic mass is 28.4. The lowest BCUT2D eigenvalue weighted by molar-refractivity contribution is 0.0335. The smallest absolute Gasteiger partial charge is 0.192 e. The number of benzene rings is 1. The van der Waals surface area contributed by atoms with Gasteiger partial charge in [-0.1, -0.05) is 34.6 Å². The quantitative estimate of drug-likeness (QED) is 0.323. The summed E-state index contributed by atoms with van der Waals surface area (Å²) >= 11 is 0. The van der Waals surface area contributed by atoms with Crippen molar-refractivity contribution in [1.82, 2.24) is 0 Å². The van der Waals surface area contributed by atoms with E-state index in [0.29, 0.717) is 18.1 Å². The van der Waals surface area contributed by atoms with Crippen molar-refractivity contribution in [2.45, 2.75) is 65.5 Å². The second kappa shape index (κ2) is 11.3. The summed E-state index contributed by atoms with van der Waals surface area (Å²) in [6, 6.07) is 3.92. The molecule has 1 aromatic rings. The van der Waals surface area contributed by atoms with E-state index in [1.54, 1.807) is 21.3 Å². The van der Waals surface area contributed by atoms with Gasteiger partial charge >= 0.3 is 0 Å². The van der Waals surface area contributed by atoms with Gasteiger partial charge in [-0.3, -0.25) is 0 Å². The zero-order valence-electron chi connectivity index (χ0n) is 19.9. The third kappa shape index (κ3) is 6.96. The molecule has 0 saturated carbocycles. The number of rotatable bonds is 12. The molecule has 0 aromatic heterocycles. The molecule has 0 aliphatic carbocycles. The van der Waals surface area contributed by atoms with Crippen molar-refractivity contribution in [2.75, 3.05) is 34.9 Å². The molecule has 1 atom stereocenters. The number of hydrogen-bond donors (Lipinski definition) is 0. The normalized spacial score (nSPS) is 13.6. The largest absolute Gasteiger partial charge is 0.467 e. The van der Waals surface area contributed by atoms with Gasteiger partial charge in [0.1, 0.15) is 11.5 Å². The molecule has 0 spiro atoms. The van der Waals surface area contributed by atoms with Crippen LogP contribution in [0.4, 0.5) is 0 Å². The Morgan fingerprint density at radius 1 is 0.931 bits per heavy atom. The summed E-state index contributed by atoms with van der Waals surface area (Å²) in [6.45, 7) is 16.0. The molecule has 0 bridgehead atoms. The van der Waals surface area contributed by atoms with Gasteiger partial charge in [0.15, 0.2) is 21.9 Å². The molecule has 0 fully saturated rings. The van der Waals surface area contributed by atoms with E-state index in [4.69, 9.17) is 28.1 Å². The standard InChI is InChI=1S/C22H40O6Si/c1-16(2)20(25-8)17-11-12-19(26-14-23-6)18(21(17)27-15-24-7)13-28-29(9,10)22(3,4)5/h11-12,16,20H,13-15H2,1-10H3/t20-/m1/s1. The minimum Gasteiger partial charge on any atom is -0.467 e. The van der Waals surface area contributed by atoms with Gasteiger partial charge in [-0.25, -0.2) is 0 Å². The van der Waals surface area contributed by atoms with Crippen LogP contribution in [0.25, 0.3) is 0 Å².